The number of hydrogen-bond acceptors (Lipinski definition) is 2. The minimum absolute atomic E-state index is 0.101. The first-order chi connectivity index (χ1) is 9.81. The fourth-order valence-electron chi connectivity index (χ4n) is 2.34. The number of amides is 1. The first kappa shape index (κ1) is 12.9. The molecule has 20 heavy (non-hydrogen) atoms. The van der Waals surface area contributed by atoms with E-state index in [0.717, 1.165) is 24.3 Å². The maximum atomic E-state index is 11.8. The lowest BCUT2D eigenvalue weighted by Gasteiger charge is -2.26. The molecule has 0 aliphatic carbocycles. The Morgan fingerprint density at radius 1 is 1.00 bits per heavy atom. The van der Waals surface area contributed by atoms with Gasteiger partial charge >= 0.3 is 0 Å². The van der Waals surface area contributed by atoms with Crippen LogP contribution in [0.3, 0.4) is 0 Å². The molecular weight excluding hydrogens is 248 g/mol. The van der Waals surface area contributed by atoms with Crippen LogP contribution in [0.4, 0.5) is 5.69 Å². The molecule has 0 bridgehead atoms. The lowest BCUT2D eigenvalue weighted by molar-refractivity contribution is -0.117. The summed E-state index contributed by atoms with van der Waals surface area (Å²) in [5, 5.41) is 6.13. The number of benzene rings is 2. The number of rotatable bonds is 4. The highest BCUT2D eigenvalue weighted by atomic mass is 16.1. The lowest BCUT2D eigenvalue weighted by atomic mass is 9.99. The van der Waals surface area contributed by atoms with Gasteiger partial charge in [0.2, 0.25) is 5.91 Å². The van der Waals surface area contributed by atoms with E-state index in [0.29, 0.717) is 12.3 Å². The summed E-state index contributed by atoms with van der Waals surface area (Å²) in [5.74, 6) is 0.600. The average Bonchev–Trinajstić information content (AvgIpc) is 2.45. The number of anilines is 1. The zero-order valence-corrected chi connectivity index (χ0v) is 11.3. The Morgan fingerprint density at radius 2 is 1.65 bits per heavy atom. The van der Waals surface area contributed by atoms with Crippen molar-refractivity contribution >= 4 is 11.6 Å². The molecule has 0 unspecified atom stereocenters. The van der Waals surface area contributed by atoms with Crippen LogP contribution in [-0.2, 0) is 4.79 Å². The molecule has 1 fully saturated rings. The lowest BCUT2D eigenvalue weighted by Crippen LogP contribution is -2.43. The highest BCUT2D eigenvalue weighted by Gasteiger charge is 2.19. The molecule has 1 aliphatic heterocycles. The van der Waals surface area contributed by atoms with Crippen molar-refractivity contribution in [3.8, 4) is 11.1 Å². The van der Waals surface area contributed by atoms with Crippen LogP contribution >= 0.6 is 0 Å². The summed E-state index contributed by atoms with van der Waals surface area (Å²) in [7, 11) is 0. The van der Waals surface area contributed by atoms with Crippen LogP contribution in [0.25, 0.3) is 11.1 Å². The maximum Gasteiger partial charge on any atom is 0.224 e. The van der Waals surface area contributed by atoms with Gasteiger partial charge in [-0.15, -0.1) is 0 Å². The summed E-state index contributed by atoms with van der Waals surface area (Å²) in [6.07, 6.45) is 0.605. The van der Waals surface area contributed by atoms with Gasteiger partial charge < -0.3 is 10.6 Å². The van der Waals surface area contributed by atoms with Gasteiger partial charge in [-0.2, -0.15) is 0 Å². The minimum atomic E-state index is 0.101. The summed E-state index contributed by atoms with van der Waals surface area (Å²) >= 11 is 0. The van der Waals surface area contributed by atoms with Crippen molar-refractivity contribution in [3.63, 3.8) is 0 Å². The van der Waals surface area contributed by atoms with E-state index in [1.807, 2.05) is 42.5 Å². The fourth-order valence-corrected chi connectivity index (χ4v) is 2.34. The predicted octanol–water partition coefficient (Wildman–Crippen LogP) is 2.90. The number of hydrogen-bond donors (Lipinski definition) is 2. The Hall–Kier alpha value is -2.13. The molecule has 0 saturated carbocycles. The van der Waals surface area contributed by atoms with Crippen LogP contribution in [0.1, 0.15) is 6.42 Å². The van der Waals surface area contributed by atoms with Crippen molar-refractivity contribution in [2.75, 3.05) is 18.4 Å². The van der Waals surface area contributed by atoms with Crippen molar-refractivity contribution in [2.45, 2.75) is 6.42 Å². The van der Waals surface area contributed by atoms with Crippen molar-refractivity contribution in [2.24, 2.45) is 5.92 Å². The quantitative estimate of drug-likeness (QED) is 0.893. The Balaban J connectivity index is 1.62. The van der Waals surface area contributed by atoms with Crippen molar-refractivity contribution in [1.82, 2.24) is 5.32 Å². The fraction of sp³-hybridized carbons (Fsp3) is 0.235. The monoisotopic (exact) mass is 266 g/mol. The van der Waals surface area contributed by atoms with Gasteiger partial charge in [-0.25, -0.2) is 0 Å². The second-order valence-corrected chi connectivity index (χ2v) is 5.22. The molecule has 1 amide bonds. The SMILES string of the molecule is O=C(CC1CNC1)Nc1ccc(-c2ccccc2)cc1. The molecule has 2 aromatic rings. The van der Waals surface area contributed by atoms with Crippen LogP contribution in [0.2, 0.25) is 0 Å². The summed E-state index contributed by atoms with van der Waals surface area (Å²) in [6.45, 7) is 1.92. The van der Waals surface area contributed by atoms with Crippen molar-refractivity contribution in [1.29, 1.82) is 0 Å². The Bertz CT molecular complexity index is 574. The van der Waals surface area contributed by atoms with E-state index in [-0.39, 0.29) is 5.91 Å². The topological polar surface area (TPSA) is 41.1 Å². The molecule has 3 nitrogen and oxygen atoms in total. The molecule has 102 valence electrons. The predicted molar refractivity (Wildman–Crippen MR) is 81.5 cm³/mol. The zero-order chi connectivity index (χ0) is 13.8. The standard InChI is InChI=1S/C17H18N2O/c20-17(10-13-11-18-12-13)19-16-8-6-15(7-9-16)14-4-2-1-3-5-14/h1-9,13,18H,10-12H2,(H,19,20). The Labute approximate surface area is 119 Å². The first-order valence-corrected chi connectivity index (χ1v) is 6.97. The second-order valence-electron chi connectivity index (χ2n) is 5.22. The van der Waals surface area contributed by atoms with E-state index in [9.17, 15) is 4.79 Å². The average molecular weight is 266 g/mol. The van der Waals surface area contributed by atoms with Gasteiger partial charge in [-0.1, -0.05) is 42.5 Å². The molecule has 0 spiro atoms. The van der Waals surface area contributed by atoms with Crippen molar-refractivity contribution in [3.05, 3.63) is 54.6 Å². The normalized spacial score (nSPS) is 14.6. The van der Waals surface area contributed by atoms with Crippen LogP contribution in [0, 0.1) is 5.92 Å². The highest BCUT2D eigenvalue weighted by molar-refractivity contribution is 5.91. The van der Waals surface area contributed by atoms with Gasteiger partial charge in [0.05, 0.1) is 0 Å². The Kier molecular flexibility index (Phi) is 3.79. The number of carbonyl (C=O) groups is 1. The second kappa shape index (κ2) is 5.88. The van der Waals surface area contributed by atoms with Gasteiger partial charge in [-0.3, -0.25) is 4.79 Å². The molecule has 3 heteroatoms. The summed E-state index contributed by atoms with van der Waals surface area (Å²) < 4.78 is 0. The molecule has 1 aliphatic rings. The molecule has 0 radical (unpaired) electrons. The maximum absolute atomic E-state index is 11.8. The van der Waals surface area contributed by atoms with E-state index < -0.39 is 0 Å². The van der Waals surface area contributed by atoms with Crippen LogP contribution < -0.4 is 10.6 Å². The van der Waals surface area contributed by atoms with E-state index in [1.165, 1.54) is 5.56 Å². The smallest absolute Gasteiger partial charge is 0.224 e. The molecular formula is C17H18N2O. The van der Waals surface area contributed by atoms with Gasteiger partial charge in [0.15, 0.2) is 0 Å². The minimum Gasteiger partial charge on any atom is -0.326 e. The van der Waals surface area contributed by atoms with Gasteiger partial charge in [0, 0.05) is 12.1 Å². The van der Waals surface area contributed by atoms with Gasteiger partial charge in [0.1, 0.15) is 0 Å². The highest BCUT2D eigenvalue weighted by Crippen LogP contribution is 2.21. The van der Waals surface area contributed by atoms with E-state index in [2.05, 4.69) is 22.8 Å². The van der Waals surface area contributed by atoms with Crippen LogP contribution in [0.15, 0.2) is 54.6 Å². The van der Waals surface area contributed by atoms with Gasteiger partial charge in [0.25, 0.3) is 0 Å². The Morgan fingerprint density at radius 3 is 2.25 bits per heavy atom. The van der Waals surface area contributed by atoms with E-state index >= 15 is 0 Å². The molecule has 1 saturated heterocycles. The molecule has 0 aromatic heterocycles. The summed E-state index contributed by atoms with van der Waals surface area (Å²) in [4.78, 5) is 11.8. The van der Waals surface area contributed by atoms with Gasteiger partial charge in [-0.05, 0) is 42.3 Å². The first-order valence-electron chi connectivity index (χ1n) is 6.97. The zero-order valence-electron chi connectivity index (χ0n) is 11.3. The molecule has 0 atom stereocenters. The molecule has 2 N–H and O–H groups in total. The largest absolute Gasteiger partial charge is 0.326 e. The third kappa shape index (κ3) is 3.06. The summed E-state index contributed by atoms with van der Waals surface area (Å²) in [6, 6.07) is 18.2. The molecule has 3 rings (SSSR count). The summed E-state index contributed by atoms with van der Waals surface area (Å²) in [5.41, 5.74) is 3.21. The molecule has 1 heterocycles. The third-order valence-corrected chi connectivity index (χ3v) is 3.62. The molecule has 2 aromatic carbocycles. The van der Waals surface area contributed by atoms with E-state index in [1.54, 1.807) is 0 Å². The third-order valence-electron chi connectivity index (χ3n) is 3.62. The number of carbonyl (C=O) groups excluding carboxylic acids is 1. The van der Waals surface area contributed by atoms with E-state index in [4.69, 9.17) is 0 Å². The van der Waals surface area contributed by atoms with Crippen LogP contribution in [-0.4, -0.2) is 19.0 Å². The van der Waals surface area contributed by atoms with Crippen LogP contribution in [0.5, 0.6) is 0 Å². The van der Waals surface area contributed by atoms with Crippen molar-refractivity contribution < 1.29 is 4.79 Å². The number of nitrogens with one attached hydrogen (secondary N) is 2.